The molecule has 19 heavy (non-hydrogen) atoms. The van der Waals surface area contributed by atoms with Gasteiger partial charge < -0.3 is 9.47 Å². The largest absolute Gasteiger partial charge is 0.496 e. The van der Waals surface area contributed by atoms with Gasteiger partial charge in [0.05, 0.1) is 25.8 Å². The quantitative estimate of drug-likeness (QED) is 0.652. The Morgan fingerprint density at radius 2 is 1.79 bits per heavy atom. The Labute approximate surface area is 117 Å². The highest BCUT2D eigenvalue weighted by Crippen LogP contribution is 2.39. The molecule has 1 aromatic heterocycles. The topological polar surface area (TPSA) is 56.5 Å². The van der Waals surface area contributed by atoms with Gasteiger partial charge in [0.2, 0.25) is 0 Å². The first-order chi connectivity index (χ1) is 9.22. The molecule has 0 aliphatic carbocycles. The van der Waals surface area contributed by atoms with Gasteiger partial charge in [-0.25, -0.2) is 5.43 Å². The number of hydrazine groups is 1. The number of rotatable bonds is 5. The summed E-state index contributed by atoms with van der Waals surface area (Å²) in [4.78, 5) is 1.16. The number of hydrogen-bond acceptors (Lipinski definition) is 5. The van der Waals surface area contributed by atoms with Gasteiger partial charge in [-0.05, 0) is 36.1 Å². The predicted octanol–water partition coefficient (Wildman–Crippen LogP) is 2.63. The molecule has 1 atom stereocenters. The van der Waals surface area contributed by atoms with Crippen molar-refractivity contribution < 1.29 is 9.47 Å². The number of nitrogens with two attached hydrogens (primary N) is 1. The van der Waals surface area contributed by atoms with Gasteiger partial charge in [-0.15, -0.1) is 11.3 Å². The number of ether oxygens (including phenoxy) is 2. The van der Waals surface area contributed by atoms with E-state index in [4.69, 9.17) is 15.3 Å². The number of nitrogens with one attached hydrogen (secondary N) is 1. The van der Waals surface area contributed by atoms with E-state index in [1.165, 1.54) is 5.56 Å². The van der Waals surface area contributed by atoms with E-state index >= 15 is 0 Å². The van der Waals surface area contributed by atoms with Crippen LogP contribution >= 0.6 is 11.3 Å². The zero-order valence-corrected chi connectivity index (χ0v) is 12.1. The van der Waals surface area contributed by atoms with Crippen LogP contribution in [0, 0.1) is 6.92 Å². The molecule has 1 unspecified atom stereocenters. The first-order valence-corrected chi connectivity index (χ1v) is 6.81. The maximum atomic E-state index is 5.76. The fraction of sp³-hybridized carbons (Fsp3) is 0.286. The minimum Gasteiger partial charge on any atom is -0.496 e. The van der Waals surface area contributed by atoms with Crippen molar-refractivity contribution in [2.45, 2.75) is 13.0 Å². The SMILES string of the molecule is COc1cccc(OC)c1C(NN)c1sccc1C. The Bertz CT molecular complexity index is 532. The van der Waals surface area contributed by atoms with Gasteiger partial charge in [-0.1, -0.05) is 6.07 Å². The average molecular weight is 278 g/mol. The molecule has 0 saturated heterocycles. The van der Waals surface area contributed by atoms with E-state index in [0.29, 0.717) is 0 Å². The van der Waals surface area contributed by atoms with Crippen LogP contribution in [0.25, 0.3) is 0 Å². The van der Waals surface area contributed by atoms with E-state index in [-0.39, 0.29) is 6.04 Å². The van der Waals surface area contributed by atoms with E-state index in [9.17, 15) is 0 Å². The van der Waals surface area contributed by atoms with E-state index in [0.717, 1.165) is 21.9 Å². The molecule has 0 amide bonds. The number of aryl methyl sites for hydroxylation is 1. The molecular weight excluding hydrogens is 260 g/mol. The molecule has 2 rings (SSSR count). The maximum Gasteiger partial charge on any atom is 0.127 e. The second kappa shape index (κ2) is 6.06. The van der Waals surface area contributed by atoms with Gasteiger partial charge in [0.25, 0.3) is 0 Å². The lowest BCUT2D eigenvalue weighted by molar-refractivity contribution is 0.377. The fourth-order valence-electron chi connectivity index (χ4n) is 2.13. The summed E-state index contributed by atoms with van der Waals surface area (Å²) in [7, 11) is 3.29. The van der Waals surface area contributed by atoms with Crippen molar-refractivity contribution in [3.8, 4) is 11.5 Å². The summed E-state index contributed by atoms with van der Waals surface area (Å²) in [6.07, 6.45) is 0. The molecule has 4 nitrogen and oxygen atoms in total. The van der Waals surface area contributed by atoms with E-state index < -0.39 is 0 Å². The first kappa shape index (κ1) is 13.9. The van der Waals surface area contributed by atoms with Crippen LogP contribution in [0.3, 0.4) is 0 Å². The van der Waals surface area contributed by atoms with Crippen LogP contribution < -0.4 is 20.7 Å². The van der Waals surface area contributed by atoms with Crippen molar-refractivity contribution in [3.05, 3.63) is 45.6 Å². The van der Waals surface area contributed by atoms with Crippen LogP contribution in [-0.4, -0.2) is 14.2 Å². The van der Waals surface area contributed by atoms with Crippen molar-refractivity contribution in [1.29, 1.82) is 0 Å². The van der Waals surface area contributed by atoms with E-state index in [1.807, 2.05) is 18.2 Å². The summed E-state index contributed by atoms with van der Waals surface area (Å²) < 4.78 is 10.9. The maximum absolute atomic E-state index is 5.76. The summed E-state index contributed by atoms with van der Waals surface area (Å²) in [5.41, 5.74) is 4.97. The molecule has 2 aromatic rings. The van der Waals surface area contributed by atoms with Crippen molar-refractivity contribution in [2.24, 2.45) is 5.84 Å². The van der Waals surface area contributed by atoms with Gasteiger partial charge in [0, 0.05) is 4.88 Å². The van der Waals surface area contributed by atoms with E-state index in [2.05, 4.69) is 23.8 Å². The second-order valence-electron chi connectivity index (χ2n) is 4.14. The summed E-state index contributed by atoms with van der Waals surface area (Å²) in [6, 6.07) is 7.64. The van der Waals surface area contributed by atoms with Crippen LogP contribution in [0.1, 0.15) is 22.0 Å². The molecule has 3 N–H and O–H groups in total. The molecule has 102 valence electrons. The normalized spacial score (nSPS) is 12.2. The second-order valence-corrected chi connectivity index (χ2v) is 5.09. The van der Waals surface area contributed by atoms with Gasteiger partial charge in [-0.3, -0.25) is 5.84 Å². The molecule has 0 aliphatic rings. The molecule has 0 saturated carbocycles. The molecule has 0 radical (unpaired) electrons. The Morgan fingerprint density at radius 1 is 1.16 bits per heavy atom. The van der Waals surface area contributed by atoms with Crippen molar-refractivity contribution in [2.75, 3.05) is 14.2 Å². The fourth-order valence-corrected chi connectivity index (χ4v) is 3.13. The van der Waals surface area contributed by atoms with Crippen LogP contribution in [0.2, 0.25) is 0 Å². The minimum atomic E-state index is -0.147. The molecule has 0 fully saturated rings. The highest BCUT2D eigenvalue weighted by molar-refractivity contribution is 7.10. The number of hydrogen-bond donors (Lipinski definition) is 2. The number of methoxy groups -OCH3 is 2. The molecule has 0 bridgehead atoms. The van der Waals surface area contributed by atoms with Crippen molar-refractivity contribution >= 4 is 11.3 Å². The zero-order chi connectivity index (χ0) is 13.8. The van der Waals surface area contributed by atoms with Gasteiger partial charge in [-0.2, -0.15) is 0 Å². The van der Waals surface area contributed by atoms with Gasteiger partial charge >= 0.3 is 0 Å². The Balaban J connectivity index is 2.57. The number of thiophene rings is 1. The van der Waals surface area contributed by atoms with Crippen LogP contribution in [0.5, 0.6) is 11.5 Å². The number of benzene rings is 1. The molecule has 0 spiro atoms. The molecule has 0 aliphatic heterocycles. The third-order valence-corrected chi connectivity index (χ3v) is 4.17. The molecule has 1 aromatic carbocycles. The lowest BCUT2D eigenvalue weighted by Crippen LogP contribution is -2.29. The van der Waals surface area contributed by atoms with Crippen LogP contribution in [0.15, 0.2) is 29.6 Å². The Kier molecular flexibility index (Phi) is 4.42. The molecule has 5 heteroatoms. The Morgan fingerprint density at radius 3 is 2.21 bits per heavy atom. The monoisotopic (exact) mass is 278 g/mol. The van der Waals surface area contributed by atoms with Crippen molar-refractivity contribution in [3.63, 3.8) is 0 Å². The third kappa shape index (κ3) is 2.58. The average Bonchev–Trinajstić information content (AvgIpc) is 2.86. The standard InChI is InChI=1S/C14H18N2O2S/c1-9-7-8-19-14(9)13(16-15)12-10(17-2)5-4-6-11(12)18-3/h4-8,13,16H,15H2,1-3H3. The summed E-state index contributed by atoms with van der Waals surface area (Å²) >= 11 is 1.66. The zero-order valence-electron chi connectivity index (χ0n) is 11.3. The Hall–Kier alpha value is -1.56. The summed E-state index contributed by atoms with van der Waals surface area (Å²) in [6.45, 7) is 2.07. The summed E-state index contributed by atoms with van der Waals surface area (Å²) in [5, 5.41) is 2.05. The minimum absolute atomic E-state index is 0.147. The predicted molar refractivity (Wildman–Crippen MR) is 77.8 cm³/mol. The highest BCUT2D eigenvalue weighted by Gasteiger charge is 2.23. The molecular formula is C14H18N2O2S. The molecule has 1 heterocycles. The van der Waals surface area contributed by atoms with Gasteiger partial charge in [0.15, 0.2) is 0 Å². The van der Waals surface area contributed by atoms with Crippen LogP contribution in [-0.2, 0) is 0 Å². The highest BCUT2D eigenvalue weighted by atomic mass is 32.1. The van der Waals surface area contributed by atoms with Gasteiger partial charge in [0.1, 0.15) is 11.5 Å². The van der Waals surface area contributed by atoms with Crippen molar-refractivity contribution in [1.82, 2.24) is 5.43 Å². The first-order valence-electron chi connectivity index (χ1n) is 5.94. The third-order valence-electron chi connectivity index (χ3n) is 3.09. The lowest BCUT2D eigenvalue weighted by Gasteiger charge is -2.21. The smallest absolute Gasteiger partial charge is 0.127 e. The van der Waals surface area contributed by atoms with Crippen LogP contribution in [0.4, 0.5) is 0 Å². The lowest BCUT2D eigenvalue weighted by atomic mass is 10.0. The summed E-state index contributed by atoms with van der Waals surface area (Å²) in [5.74, 6) is 7.28. The van der Waals surface area contributed by atoms with E-state index in [1.54, 1.807) is 25.6 Å².